The number of hydrogen-bond acceptors (Lipinski definition) is 5. The predicted molar refractivity (Wildman–Crippen MR) is 87.5 cm³/mol. The minimum Gasteiger partial charge on any atom is -0.411 e. The minimum atomic E-state index is -4.42. The third-order valence-corrected chi connectivity index (χ3v) is 3.97. The number of hydrogen-bond donors (Lipinski definition) is 2. The number of aromatic nitrogens is 4. The van der Waals surface area contributed by atoms with E-state index in [-0.39, 0.29) is 16.7 Å². The van der Waals surface area contributed by atoms with Crippen molar-refractivity contribution < 1.29 is 18.4 Å². The van der Waals surface area contributed by atoms with Crippen LogP contribution in [0.1, 0.15) is 35.6 Å². The molecule has 1 atom stereocenters. The second-order valence-electron chi connectivity index (χ2n) is 5.72. The average molecular weight is 365 g/mol. The summed E-state index contributed by atoms with van der Waals surface area (Å²) in [6.45, 7) is 3.31. The van der Waals surface area contributed by atoms with E-state index in [0.717, 1.165) is 18.3 Å². The molecule has 136 valence electrons. The van der Waals surface area contributed by atoms with Crippen LogP contribution in [0, 0.1) is 6.92 Å². The van der Waals surface area contributed by atoms with Crippen LogP contribution in [0.4, 0.5) is 13.2 Å². The first-order valence-corrected chi connectivity index (χ1v) is 7.56. The number of H-pyrrole nitrogens is 1. The average Bonchev–Trinajstić information content (AvgIpc) is 2.92. The third kappa shape index (κ3) is 3.05. The van der Waals surface area contributed by atoms with Crippen molar-refractivity contribution in [3.8, 4) is 0 Å². The molecule has 0 aliphatic heterocycles. The predicted octanol–water partition coefficient (Wildman–Crippen LogP) is 2.86. The van der Waals surface area contributed by atoms with E-state index in [1.54, 1.807) is 13.8 Å². The van der Waals surface area contributed by atoms with Gasteiger partial charge in [-0.15, -0.1) is 0 Å². The zero-order valence-electron chi connectivity index (χ0n) is 13.7. The Balaban J connectivity index is 2.14. The van der Waals surface area contributed by atoms with Crippen molar-refractivity contribution >= 4 is 17.2 Å². The van der Waals surface area contributed by atoms with Crippen LogP contribution in [-0.4, -0.2) is 31.2 Å². The monoisotopic (exact) mass is 365 g/mol. The molecular weight excluding hydrogens is 351 g/mol. The van der Waals surface area contributed by atoms with E-state index in [1.807, 2.05) is 0 Å². The lowest BCUT2D eigenvalue weighted by molar-refractivity contribution is -0.137. The molecule has 0 bridgehead atoms. The molecule has 2 heterocycles. The highest BCUT2D eigenvalue weighted by atomic mass is 19.4. The van der Waals surface area contributed by atoms with Crippen LogP contribution in [0.3, 0.4) is 0 Å². The maximum atomic E-state index is 12.7. The van der Waals surface area contributed by atoms with Crippen LogP contribution in [0.15, 0.2) is 34.2 Å². The Morgan fingerprint density at radius 3 is 2.54 bits per heavy atom. The van der Waals surface area contributed by atoms with E-state index in [0.29, 0.717) is 11.4 Å². The van der Waals surface area contributed by atoms with Gasteiger partial charge in [0.2, 0.25) is 0 Å². The molecule has 26 heavy (non-hydrogen) atoms. The molecule has 10 heteroatoms. The molecule has 0 saturated carbocycles. The molecule has 3 rings (SSSR count). The van der Waals surface area contributed by atoms with E-state index in [2.05, 4.69) is 20.2 Å². The summed E-state index contributed by atoms with van der Waals surface area (Å²) < 4.78 is 39.6. The Labute approximate surface area is 144 Å². The zero-order valence-corrected chi connectivity index (χ0v) is 13.7. The standard InChI is InChI=1S/C16H14F3N5O2/c1-8(10-3-5-11(6-4-10)16(17,18)19)24-14-13(12(23-24)7-20-26)15(25)22-9(2)21-14/h3-8,26H,1-2H3,(H,21,22,25). The Morgan fingerprint density at radius 2 is 1.96 bits per heavy atom. The van der Waals surface area contributed by atoms with Gasteiger partial charge in [0.15, 0.2) is 5.65 Å². The number of fused-ring (bicyclic) bond motifs is 1. The van der Waals surface area contributed by atoms with Crippen molar-refractivity contribution in [2.24, 2.45) is 5.16 Å². The highest BCUT2D eigenvalue weighted by molar-refractivity contribution is 5.94. The SMILES string of the molecule is Cc1nc2c(c(C=NO)nn2C(C)c2ccc(C(F)(F)F)cc2)c(=O)[nH]1. The van der Waals surface area contributed by atoms with Crippen LogP contribution in [-0.2, 0) is 6.18 Å². The number of rotatable bonds is 3. The number of benzene rings is 1. The van der Waals surface area contributed by atoms with Gasteiger partial charge >= 0.3 is 6.18 Å². The Bertz CT molecular complexity index is 1030. The van der Waals surface area contributed by atoms with Gasteiger partial charge in [0.25, 0.3) is 5.56 Å². The molecule has 0 saturated heterocycles. The summed E-state index contributed by atoms with van der Waals surface area (Å²) in [5.41, 5.74) is -0.302. The molecule has 0 radical (unpaired) electrons. The maximum Gasteiger partial charge on any atom is 0.416 e. The van der Waals surface area contributed by atoms with Crippen LogP contribution in [0.2, 0.25) is 0 Å². The third-order valence-electron chi connectivity index (χ3n) is 3.97. The highest BCUT2D eigenvalue weighted by Gasteiger charge is 2.30. The van der Waals surface area contributed by atoms with Crippen LogP contribution >= 0.6 is 0 Å². The molecule has 1 aromatic carbocycles. The summed E-state index contributed by atoms with van der Waals surface area (Å²) in [7, 11) is 0. The molecule has 0 aliphatic rings. The summed E-state index contributed by atoms with van der Waals surface area (Å²) in [6, 6.07) is 4.16. The molecule has 7 nitrogen and oxygen atoms in total. The molecule has 3 aromatic rings. The quantitative estimate of drug-likeness (QED) is 0.424. The Morgan fingerprint density at radius 1 is 1.31 bits per heavy atom. The minimum absolute atomic E-state index is 0.106. The van der Waals surface area contributed by atoms with Gasteiger partial charge in [-0.2, -0.15) is 18.3 Å². The van der Waals surface area contributed by atoms with Gasteiger partial charge < -0.3 is 10.2 Å². The Hall–Kier alpha value is -3.17. The van der Waals surface area contributed by atoms with Gasteiger partial charge in [-0.1, -0.05) is 17.3 Å². The van der Waals surface area contributed by atoms with Gasteiger partial charge in [-0.05, 0) is 31.5 Å². The summed E-state index contributed by atoms with van der Waals surface area (Å²) in [4.78, 5) is 19.0. The number of aryl methyl sites for hydroxylation is 1. The number of oxime groups is 1. The summed E-state index contributed by atoms with van der Waals surface area (Å²) in [5, 5.41) is 16.0. The fourth-order valence-electron chi connectivity index (χ4n) is 2.69. The first-order valence-electron chi connectivity index (χ1n) is 7.56. The van der Waals surface area contributed by atoms with Crippen molar-refractivity contribution in [1.82, 2.24) is 19.7 Å². The van der Waals surface area contributed by atoms with Crippen molar-refractivity contribution in [3.63, 3.8) is 0 Å². The molecule has 1 unspecified atom stereocenters. The van der Waals surface area contributed by atoms with E-state index in [4.69, 9.17) is 5.21 Å². The summed E-state index contributed by atoms with van der Waals surface area (Å²) in [6.07, 6.45) is -3.42. The molecule has 2 aromatic heterocycles. The zero-order chi connectivity index (χ0) is 19.1. The second-order valence-corrected chi connectivity index (χ2v) is 5.72. The van der Waals surface area contributed by atoms with Crippen molar-refractivity contribution in [2.45, 2.75) is 26.1 Å². The molecule has 2 N–H and O–H groups in total. The van der Waals surface area contributed by atoms with Gasteiger partial charge in [0.05, 0.1) is 17.8 Å². The van der Waals surface area contributed by atoms with Crippen LogP contribution in [0.25, 0.3) is 11.0 Å². The van der Waals surface area contributed by atoms with Gasteiger partial charge in [-0.25, -0.2) is 9.67 Å². The number of aromatic amines is 1. The number of nitrogens with one attached hydrogen (secondary N) is 1. The lowest BCUT2D eigenvalue weighted by Gasteiger charge is -2.15. The number of nitrogens with zero attached hydrogens (tertiary/aromatic N) is 4. The maximum absolute atomic E-state index is 12.7. The van der Waals surface area contributed by atoms with Crippen LogP contribution < -0.4 is 5.56 Å². The molecule has 0 spiro atoms. The van der Waals surface area contributed by atoms with E-state index in [9.17, 15) is 18.0 Å². The molecular formula is C16H14F3N5O2. The van der Waals surface area contributed by atoms with Gasteiger partial charge in [0, 0.05) is 0 Å². The second kappa shape index (κ2) is 6.28. The van der Waals surface area contributed by atoms with E-state index in [1.165, 1.54) is 16.8 Å². The highest BCUT2D eigenvalue weighted by Crippen LogP contribution is 2.30. The summed E-state index contributed by atoms with van der Waals surface area (Å²) >= 11 is 0. The van der Waals surface area contributed by atoms with Crippen LogP contribution in [0.5, 0.6) is 0 Å². The number of alkyl halides is 3. The van der Waals surface area contributed by atoms with Crippen molar-refractivity contribution in [2.75, 3.05) is 0 Å². The van der Waals surface area contributed by atoms with E-state index >= 15 is 0 Å². The smallest absolute Gasteiger partial charge is 0.411 e. The molecule has 0 amide bonds. The molecule has 0 fully saturated rings. The first-order chi connectivity index (χ1) is 12.2. The van der Waals surface area contributed by atoms with Gasteiger partial charge in [0.1, 0.15) is 16.9 Å². The summed E-state index contributed by atoms with van der Waals surface area (Å²) in [5.74, 6) is 0.357. The fourth-order valence-corrected chi connectivity index (χ4v) is 2.69. The molecule has 0 aliphatic carbocycles. The lowest BCUT2D eigenvalue weighted by atomic mass is 10.1. The van der Waals surface area contributed by atoms with Crippen molar-refractivity contribution in [3.05, 3.63) is 57.3 Å². The van der Waals surface area contributed by atoms with Gasteiger partial charge in [-0.3, -0.25) is 4.79 Å². The normalized spacial score (nSPS) is 13.6. The lowest BCUT2D eigenvalue weighted by Crippen LogP contribution is -2.13. The Kier molecular flexibility index (Phi) is 4.26. The number of halogens is 3. The van der Waals surface area contributed by atoms with E-state index < -0.39 is 23.3 Å². The van der Waals surface area contributed by atoms with Crippen molar-refractivity contribution in [1.29, 1.82) is 0 Å². The topological polar surface area (TPSA) is 96.2 Å². The largest absolute Gasteiger partial charge is 0.416 e. The fraction of sp³-hybridized carbons (Fsp3) is 0.250. The first kappa shape index (κ1) is 17.6.